The maximum absolute atomic E-state index is 5.05. The third-order valence-corrected chi connectivity index (χ3v) is 1.07. The molecule has 0 spiro atoms. The van der Waals surface area contributed by atoms with Gasteiger partial charge in [-0.15, -0.1) is 0 Å². The lowest BCUT2D eigenvalue weighted by Gasteiger charge is -2.09. The Labute approximate surface area is 54.2 Å². The van der Waals surface area contributed by atoms with Gasteiger partial charge in [0.1, 0.15) is 0 Å². The predicted octanol–water partition coefficient (Wildman–Crippen LogP) is 0.321. The summed E-state index contributed by atoms with van der Waals surface area (Å²) in [6.07, 6.45) is 3.87. The van der Waals surface area contributed by atoms with Crippen LogP contribution in [0.5, 0.6) is 0 Å². The molecule has 1 aliphatic rings. The number of hydrogen-bond acceptors (Lipinski definition) is 3. The van der Waals surface area contributed by atoms with Gasteiger partial charge in [0, 0.05) is 20.3 Å². The zero-order chi connectivity index (χ0) is 6.69. The molecular weight excluding hydrogens is 120 g/mol. The van der Waals surface area contributed by atoms with E-state index in [0.29, 0.717) is 0 Å². The predicted molar refractivity (Wildman–Crippen MR) is 30.5 cm³/mol. The highest BCUT2D eigenvalue weighted by molar-refractivity contribution is 4.87. The maximum atomic E-state index is 5.05. The van der Waals surface area contributed by atoms with E-state index in [9.17, 15) is 0 Å². The summed E-state index contributed by atoms with van der Waals surface area (Å²) in [5, 5.41) is 0. The molecule has 0 aromatic carbocycles. The van der Waals surface area contributed by atoms with E-state index in [1.54, 1.807) is 20.3 Å². The Kier molecular flexibility index (Phi) is 2.22. The number of hydrogen-bond donors (Lipinski definition) is 0. The van der Waals surface area contributed by atoms with Gasteiger partial charge in [-0.05, 0) is 6.08 Å². The number of methoxy groups -OCH3 is 2. The Hall–Kier alpha value is -0.380. The molecule has 2 atom stereocenters. The van der Waals surface area contributed by atoms with E-state index >= 15 is 0 Å². The van der Waals surface area contributed by atoms with Gasteiger partial charge in [-0.3, -0.25) is 0 Å². The van der Waals surface area contributed by atoms with E-state index in [0.717, 1.165) is 0 Å². The summed E-state index contributed by atoms with van der Waals surface area (Å²) in [6.45, 7) is 0. The van der Waals surface area contributed by atoms with Crippen LogP contribution in [-0.4, -0.2) is 26.8 Å². The molecule has 3 heteroatoms. The van der Waals surface area contributed by atoms with Gasteiger partial charge in [-0.2, -0.15) is 0 Å². The first-order valence-electron chi connectivity index (χ1n) is 2.67. The molecule has 0 amide bonds. The third-order valence-electron chi connectivity index (χ3n) is 1.07. The van der Waals surface area contributed by atoms with Crippen molar-refractivity contribution < 1.29 is 14.2 Å². The lowest BCUT2D eigenvalue weighted by atomic mass is 10.5. The van der Waals surface area contributed by atoms with E-state index in [1.807, 2.05) is 0 Å². The van der Waals surface area contributed by atoms with Gasteiger partial charge in [-0.1, -0.05) is 0 Å². The van der Waals surface area contributed by atoms with Crippen molar-refractivity contribution in [1.29, 1.82) is 0 Å². The Morgan fingerprint density at radius 1 is 1.44 bits per heavy atom. The van der Waals surface area contributed by atoms with Gasteiger partial charge < -0.3 is 14.2 Å². The van der Waals surface area contributed by atoms with E-state index in [2.05, 4.69) is 6.08 Å². The minimum Gasteiger partial charge on any atom is -0.352 e. The molecule has 1 radical (unpaired) electrons. The molecular formula is C6H9O3. The van der Waals surface area contributed by atoms with Crippen molar-refractivity contribution in [2.45, 2.75) is 12.6 Å². The molecule has 3 nitrogen and oxygen atoms in total. The van der Waals surface area contributed by atoms with Gasteiger partial charge in [0.25, 0.3) is 0 Å². The quantitative estimate of drug-likeness (QED) is 0.537. The van der Waals surface area contributed by atoms with Crippen molar-refractivity contribution in [3.05, 3.63) is 12.2 Å². The Bertz CT molecular complexity index is 98.9. The molecule has 51 valence electrons. The molecule has 0 saturated carbocycles. The van der Waals surface area contributed by atoms with Crippen molar-refractivity contribution in [2.75, 3.05) is 14.2 Å². The molecule has 9 heavy (non-hydrogen) atoms. The zero-order valence-electron chi connectivity index (χ0n) is 5.46. The van der Waals surface area contributed by atoms with Crippen molar-refractivity contribution >= 4 is 0 Å². The Morgan fingerprint density at radius 3 is 2.56 bits per heavy atom. The second-order valence-electron chi connectivity index (χ2n) is 1.64. The molecule has 0 bridgehead atoms. The van der Waals surface area contributed by atoms with Gasteiger partial charge >= 0.3 is 0 Å². The molecule has 0 aromatic rings. The number of ether oxygens (including phenoxy) is 3. The first-order valence-corrected chi connectivity index (χ1v) is 2.67. The second kappa shape index (κ2) is 2.96. The average molecular weight is 129 g/mol. The maximum Gasteiger partial charge on any atom is 0.187 e. The molecule has 1 rings (SSSR count). The molecule has 2 unspecified atom stereocenters. The summed E-state index contributed by atoms with van der Waals surface area (Å²) in [5.41, 5.74) is 0. The van der Waals surface area contributed by atoms with Gasteiger partial charge in [0.15, 0.2) is 12.6 Å². The topological polar surface area (TPSA) is 27.7 Å². The third kappa shape index (κ3) is 1.51. The van der Waals surface area contributed by atoms with Gasteiger partial charge in [-0.25, -0.2) is 0 Å². The summed E-state index contributed by atoms with van der Waals surface area (Å²) in [5.74, 6) is 0. The smallest absolute Gasteiger partial charge is 0.187 e. The fourth-order valence-electron chi connectivity index (χ4n) is 0.605. The highest BCUT2D eigenvalue weighted by atomic mass is 16.8. The molecule has 0 saturated heterocycles. The van der Waals surface area contributed by atoms with Crippen LogP contribution in [0.1, 0.15) is 0 Å². The summed E-state index contributed by atoms with van der Waals surface area (Å²) >= 11 is 0. The number of rotatable bonds is 2. The lowest BCUT2D eigenvalue weighted by Crippen LogP contribution is -2.14. The van der Waals surface area contributed by atoms with Crippen LogP contribution in [0.4, 0.5) is 0 Å². The highest BCUT2D eigenvalue weighted by Gasteiger charge is 2.17. The van der Waals surface area contributed by atoms with Crippen molar-refractivity contribution in [3.8, 4) is 0 Å². The van der Waals surface area contributed by atoms with Crippen LogP contribution in [-0.2, 0) is 14.2 Å². The van der Waals surface area contributed by atoms with Crippen LogP contribution in [0.15, 0.2) is 6.08 Å². The van der Waals surface area contributed by atoms with E-state index < -0.39 is 0 Å². The summed E-state index contributed by atoms with van der Waals surface area (Å²) in [6, 6.07) is 0. The van der Waals surface area contributed by atoms with Crippen molar-refractivity contribution in [1.82, 2.24) is 0 Å². The summed E-state index contributed by atoms with van der Waals surface area (Å²) in [4.78, 5) is 0. The van der Waals surface area contributed by atoms with Crippen LogP contribution in [0, 0.1) is 6.08 Å². The first-order chi connectivity index (χ1) is 4.36. The van der Waals surface area contributed by atoms with Crippen LogP contribution >= 0.6 is 0 Å². The molecule has 0 N–H and O–H groups in total. The van der Waals surface area contributed by atoms with E-state index in [4.69, 9.17) is 14.2 Å². The monoisotopic (exact) mass is 129 g/mol. The second-order valence-corrected chi connectivity index (χ2v) is 1.64. The van der Waals surface area contributed by atoms with E-state index in [-0.39, 0.29) is 12.6 Å². The van der Waals surface area contributed by atoms with Gasteiger partial charge in [0.05, 0.1) is 0 Å². The van der Waals surface area contributed by atoms with Crippen LogP contribution in [0.3, 0.4) is 0 Å². The summed E-state index contributed by atoms with van der Waals surface area (Å²) < 4.78 is 14.7. The fraction of sp³-hybridized carbons (Fsp3) is 0.667. The lowest BCUT2D eigenvalue weighted by molar-refractivity contribution is -0.175. The standard InChI is InChI=1S/C6H9O3/c1-7-5-3-4-6(8-2)9-5/h3,5-6H,1-2H3. The molecule has 0 aliphatic carbocycles. The Morgan fingerprint density at radius 2 is 2.22 bits per heavy atom. The minimum atomic E-state index is -0.352. The normalized spacial score (nSPS) is 33.6. The van der Waals surface area contributed by atoms with Crippen LogP contribution < -0.4 is 0 Å². The molecule has 1 heterocycles. The molecule has 0 aromatic heterocycles. The average Bonchev–Trinajstić information content (AvgIpc) is 2.34. The molecule has 1 aliphatic heterocycles. The van der Waals surface area contributed by atoms with E-state index in [1.165, 1.54) is 0 Å². The zero-order valence-corrected chi connectivity index (χ0v) is 5.46. The highest BCUT2D eigenvalue weighted by Crippen LogP contribution is 2.10. The molecule has 0 fully saturated rings. The first kappa shape index (κ1) is 6.74. The van der Waals surface area contributed by atoms with Gasteiger partial charge in [0.2, 0.25) is 0 Å². The SMILES string of the molecule is COC1[C]=CC(OC)O1. The van der Waals surface area contributed by atoms with Crippen LogP contribution in [0.2, 0.25) is 0 Å². The largest absolute Gasteiger partial charge is 0.352 e. The van der Waals surface area contributed by atoms with Crippen molar-refractivity contribution in [2.24, 2.45) is 0 Å². The summed E-state index contributed by atoms with van der Waals surface area (Å²) in [7, 11) is 3.13. The fourth-order valence-corrected chi connectivity index (χ4v) is 0.605. The van der Waals surface area contributed by atoms with Crippen molar-refractivity contribution in [3.63, 3.8) is 0 Å². The minimum absolute atomic E-state index is 0.282. The Balaban J connectivity index is 2.31. The van der Waals surface area contributed by atoms with Crippen LogP contribution in [0.25, 0.3) is 0 Å².